The molecule has 0 radical (unpaired) electrons. The Morgan fingerprint density at radius 1 is 1.31 bits per heavy atom. The van der Waals surface area contributed by atoms with E-state index in [1.54, 1.807) is 6.20 Å². The summed E-state index contributed by atoms with van der Waals surface area (Å²) in [6, 6.07) is 9.32. The number of carbonyl (C=O) groups excluding carboxylic acids is 1. The van der Waals surface area contributed by atoms with Gasteiger partial charge in [0, 0.05) is 41.7 Å². The van der Waals surface area contributed by atoms with Gasteiger partial charge in [0.25, 0.3) is 5.91 Å². The number of aromatic nitrogens is 2. The summed E-state index contributed by atoms with van der Waals surface area (Å²) in [5.41, 5.74) is 2.15. The number of aryl methyl sites for hydroxylation is 2. The average molecular weight is 353 g/mol. The van der Waals surface area contributed by atoms with Crippen molar-refractivity contribution >= 4 is 5.91 Å². The molecule has 136 valence electrons. The maximum absolute atomic E-state index is 12.8. The highest BCUT2D eigenvalue weighted by Gasteiger charge is 2.54. The number of ether oxygens (including phenoxy) is 2. The first-order valence-electron chi connectivity index (χ1n) is 8.98. The minimum atomic E-state index is -0.276. The molecule has 2 aliphatic heterocycles. The predicted molar refractivity (Wildman–Crippen MR) is 96.1 cm³/mol. The highest BCUT2D eigenvalue weighted by molar-refractivity contribution is 5.95. The Morgan fingerprint density at radius 3 is 2.77 bits per heavy atom. The van der Waals surface area contributed by atoms with E-state index in [1.807, 2.05) is 49.1 Å². The van der Waals surface area contributed by atoms with Gasteiger partial charge in [-0.2, -0.15) is 0 Å². The molecule has 1 amide bonds. The Balaban J connectivity index is 1.39. The van der Waals surface area contributed by atoms with E-state index in [0.717, 1.165) is 17.8 Å². The highest BCUT2D eigenvalue weighted by Crippen LogP contribution is 2.40. The van der Waals surface area contributed by atoms with Gasteiger partial charge in [-0.25, -0.2) is 4.98 Å². The number of rotatable bonds is 4. The van der Waals surface area contributed by atoms with Crippen molar-refractivity contribution in [2.75, 3.05) is 26.3 Å². The van der Waals surface area contributed by atoms with Gasteiger partial charge in [0.2, 0.25) is 5.88 Å². The van der Waals surface area contributed by atoms with E-state index in [4.69, 9.17) is 9.47 Å². The Hall–Kier alpha value is -2.47. The Kier molecular flexibility index (Phi) is 4.36. The molecule has 4 heterocycles. The molecule has 4 rings (SSSR count). The summed E-state index contributed by atoms with van der Waals surface area (Å²) in [5, 5.41) is 0. The lowest BCUT2D eigenvalue weighted by Crippen LogP contribution is -2.66. The first-order valence-corrected chi connectivity index (χ1v) is 8.98. The number of nitrogens with zero attached hydrogens (tertiary/aromatic N) is 3. The molecule has 0 aliphatic carbocycles. The number of hydrogen-bond acceptors (Lipinski definition) is 5. The van der Waals surface area contributed by atoms with E-state index < -0.39 is 0 Å². The van der Waals surface area contributed by atoms with Crippen molar-refractivity contribution in [3.63, 3.8) is 0 Å². The number of pyridine rings is 2. The van der Waals surface area contributed by atoms with Crippen molar-refractivity contribution in [2.45, 2.75) is 25.9 Å². The molecule has 0 aromatic carbocycles. The Labute approximate surface area is 153 Å². The monoisotopic (exact) mass is 353 g/mol. The fourth-order valence-electron chi connectivity index (χ4n) is 3.87. The summed E-state index contributed by atoms with van der Waals surface area (Å²) < 4.78 is 11.9. The number of hydrogen-bond donors (Lipinski definition) is 0. The largest absolute Gasteiger partial charge is 0.477 e. The molecule has 6 heteroatoms. The molecule has 1 atom stereocenters. The molecule has 1 spiro atoms. The number of carbonyl (C=O) groups is 1. The van der Waals surface area contributed by atoms with Crippen molar-refractivity contribution in [3.05, 3.63) is 53.5 Å². The molecule has 2 aromatic rings. The van der Waals surface area contributed by atoms with Crippen molar-refractivity contribution < 1.29 is 14.3 Å². The summed E-state index contributed by atoms with van der Waals surface area (Å²) in [7, 11) is 0. The third-order valence-corrected chi connectivity index (χ3v) is 5.20. The summed E-state index contributed by atoms with van der Waals surface area (Å²) in [4.78, 5) is 23.1. The fraction of sp³-hybridized carbons (Fsp3) is 0.450. The smallest absolute Gasteiger partial charge is 0.254 e. The summed E-state index contributed by atoms with van der Waals surface area (Å²) in [6.07, 6.45) is 2.67. The third kappa shape index (κ3) is 3.17. The van der Waals surface area contributed by atoms with Crippen LogP contribution >= 0.6 is 0 Å². The maximum atomic E-state index is 12.8. The fourth-order valence-corrected chi connectivity index (χ4v) is 3.87. The van der Waals surface area contributed by atoms with Crippen LogP contribution in [-0.4, -0.2) is 52.7 Å². The van der Waals surface area contributed by atoms with Gasteiger partial charge in [-0.15, -0.1) is 0 Å². The zero-order valence-electron chi connectivity index (χ0n) is 15.1. The molecular formula is C20H23N3O3. The van der Waals surface area contributed by atoms with Gasteiger partial charge in [0.15, 0.2) is 0 Å². The number of amides is 1. The molecule has 0 saturated carbocycles. The van der Waals surface area contributed by atoms with Crippen molar-refractivity contribution in [1.82, 2.24) is 14.9 Å². The molecule has 0 unspecified atom stereocenters. The lowest BCUT2D eigenvalue weighted by molar-refractivity contribution is -0.122. The normalized spacial score (nSPS) is 20.8. The minimum Gasteiger partial charge on any atom is -0.477 e. The Bertz CT molecular complexity index is 783. The van der Waals surface area contributed by atoms with E-state index in [-0.39, 0.29) is 17.4 Å². The maximum Gasteiger partial charge on any atom is 0.254 e. The summed E-state index contributed by atoms with van der Waals surface area (Å²) >= 11 is 0. The van der Waals surface area contributed by atoms with Crippen molar-refractivity contribution in [1.29, 1.82) is 0 Å². The molecule has 0 N–H and O–H groups in total. The van der Waals surface area contributed by atoms with Gasteiger partial charge in [-0.1, -0.05) is 6.07 Å². The van der Waals surface area contributed by atoms with Crippen molar-refractivity contribution in [3.8, 4) is 5.88 Å². The molecule has 0 bridgehead atoms. The molecule has 2 aliphatic rings. The van der Waals surface area contributed by atoms with Crippen LogP contribution in [0.5, 0.6) is 5.88 Å². The molecule has 2 saturated heterocycles. The zero-order valence-corrected chi connectivity index (χ0v) is 15.1. The van der Waals surface area contributed by atoms with Crippen LogP contribution in [0.25, 0.3) is 0 Å². The molecule has 26 heavy (non-hydrogen) atoms. The van der Waals surface area contributed by atoms with Crippen molar-refractivity contribution in [2.24, 2.45) is 5.92 Å². The van der Waals surface area contributed by atoms with E-state index in [0.29, 0.717) is 37.7 Å². The standard InChI is InChI=1S/C20H23N3O3/c1-14-9-16(10-15(2)22-14)19(24)23-12-20(13-23)17(6-8-26-20)11-25-18-5-3-4-7-21-18/h3-5,7,9-10,17H,6,8,11-13H2,1-2H3/t17-/m1/s1. The average Bonchev–Trinajstić information content (AvgIpc) is 3.02. The SMILES string of the molecule is Cc1cc(C(=O)N2CC3(C2)OCC[C@@H]3COc2ccccn2)cc(C)n1. The van der Waals surface area contributed by atoms with Crippen LogP contribution in [0.2, 0.25) is 0 Å². The second-order valence-electron chi connectivity index (χ2n) is 7.18. The molecule has 2 aromatic heterocycles. The lowest BCUT2D eigenvalue weighted by atomic mass is 9.81. The molecule has 6 nitrogen and oxygen atoms in total. The van der Waals surface area contributed by atoms with Crippen LogP contribution in [0.1, 0.15) is 28.2 Å². The molecular weight excluding hydrogens is 330 g/mol. The van der Waals surface area contributed by atoms with Crippen LogP contribution in [0.15, 0.2) is 36.5 Å². The van der Waals surface area contributed by atoms with E-state index in [1.165, 1.54) is 0 Å². The van der Waals surface area contributed by atoms with Gasteiger partial charge in [-0.3, -0.25) is 9.78 Å². The van der Waals surface area contributed by atoms with Gasteiger partial charge in [-0.05, 0) is 38.5 Å². The first-order chi connectivity index (χ1) is 12.6. The zero-order chi connectivity index (χ0) is 18.1. The highest BCUT2D eigenvalue weighted by atomic mass is 16.5. The van der Waals surface area contributed by atoms with E-state index in [9.17, 15) is 4.79 Å². The van der Waals surface area contributed by atoms with Gasteiger partial charge < -0.3 is 14.4 Å². The van der Waals surface area contributed by atoms with Crippen LogP contribution in [0, 0.1) is 19.8 Å². The quantitative estimate of drug-likeness (QED) is 0.844. The second kappa shape index (κ2) is 6.68. The van der Waals surface area contributed by atoms with Gasteiger partial charge in [0.1, 0.15) is 5.60 Å². The van der Waals surface area contributed by atoms with E-state index in [2.05, 4.69) is 9.97 Å². The van der Waals surface area contributed by atoms with Gasteiger partial charge in [0.05, 0.1) is 19.7 Å². The second-order valence-corrected chi connectivity index (χ2v) is 7.18. The van der Waals surface area contributed by atoms with Crippen LogP contribution in [0.3, 0.4) is 0 Å². The van der Waals surface area contributed by atoms with Crippen LogP contribution in [-0.2, 0) is 4.74 Å². The van der Waals surface area contributed by atoms with Gasteiger partial charge >= 0.3 is 0 Å². The third-order valence-electron chi connectivity index (χ3n) is 5.20. The molecule has 2 fully saturated rings. The topological polar surface area (TPSA) is 64.6 Å². The Morgan fingerprint density at radius 2 is 2.08 bits per heavy atom. The van der Waals surface area contributed by atoms with E-state index >= 15 is 0 Å². The number of likely N-dealkylation sites (tertiary alicyclic amines) is 1. The first kappa shape index (κ1) is 17.0. The van der Waals surface area contributed by atoms with Crippen LogP contribution < -0.4 is 4.74 Å². The predicted octanol–water partition coefficient (Wildman–Crippen LogP) is 2.40. The van der Waals surface area contributed by atoms with Crippen LogP contribution in [0.4, 0.5) is 0 Å². The summed E-state index contributed by atoms with van der Waals surface area (Å²) in [6.45, 7) is 6.32. The minimum absolute atomic E-state index is 0.0455. The lowest BCUT2D eigenvalue weighted by Gasteiger charge is -2.50. The summed E-state index contributed by atoms with van der Waals surface area (Å²) in [5.74, 6) is 0.947.